The summed E-state index contributed by atoms with van der Waals surface area (Å²) in [7, 11) is 0. The van der Waals surface area contributed by atoms with Crippen LogP contribution in [0.2, 0.25) is 0 Å². The highest BCUT2D eigenvalue weighted by Gasteiger charge is 2.14. The Balaban J connectivity index is 2.30. The van der Waals surface area contributed by atoms with Crippen LogP contribution in [0.15, 0.2) is 24.5 Å². The van der Waals surface area contributed by atoms with Crippen molar-refractivity contribution in [3.63, 3.8) is 0 Å². The SMILES string of the molecule is CCCC(CCO)O[C@@H]1C=CC=CO1. The predicted molar refractivity (Wildman–Crippen MR) is 54.6 cm³/mol. The monoisotopic (exact) mass is 198 g/mol. The standard InChI is InChI=1S/C11H18O3/c1-2-5-10(7-8-12)14-11-6-3-4-9-13-11/h3-4,6,9-12H,2,5,7-8H2,1H3/t10?,11-/m1/s1. The first-order valence-corrected chi connectivity index (χ1v) is 5.12. The minimum Gasteiger partial charge on any atom is -0.469 e. The third-order valence-corrected chi connectivity index (χ3v) is 2.06. The molecular weight excluding hydrogens is 180 g/mol. The van der Waals surface area contributed by atoms with Gasteiger partial charge in [0.05, 0.1) is 12.4 Å². The summed E-state index contributed by atoms with van der Waals surface area (Å²) in [5.41, 5.74) is 0. The largest absolute Gasteiger partial charge is 0.469 e. The molecule has 0 aliphatic carbocycles. The van der Waals surface area contributed by atoms with E-state index in [1.807, 2.05) is 18.2 Å². The molecule has 0 fully saturated rings. The fraction of sp³-hybridized carbons (Fsp3) is 0.636. The molecule has 1 aliphatic heterocycles. The summed E-state index contributed by atoms with van der Waals surface area (Å²) in [5, 5.41) is 8.84. The second kappa shape index (κ2) is 6.62. The predicted octanol–water partition coefficient (Wildman–Crippen LogP) is 1.98. The first kappa shape index (κ1) is 11.3. The van der Waals surface area contributed by atoms with Gasteiger partial charge >= 0.3 is 0 Å². The van der Waals surface area contributed by atoms with Crippen molar-refractivity contribution in [3.8, 4) is 0 Å². The van der Waals surface area contributed by atoms with Gasteiger partial charge in [-0.2, -0.15) is 0 Å². The Hall–Kier alpha value is -0.800. The normalized spacial score (nSPS) is 22.0. The van der Waals surface area contributed by atoms with Crippen LogP contribution >= 0.6 is 0 Å². The third-order valence-electron chi connectivity index (χ3n) is 2.06. The zero-order valence-corrected chi connectivity index (χ0v) is 8.56. The maximum absolute atomic E-state index is 8.84. The summed E-state index contributed by atoms with van der Waals surface area (Å²) < 4.78 is 10.9. The van der Waals surface area contributed by atoms with Crippen molar-refractivity contribution in [1.82, 2.24) is 0 Å². The van der Waals surface area contributed by atoms with E-state index in [0.29, 0.717) is 6.42 Å². The van der Waals surface area contributed by atoms with Crippen molar-refractivity contribution >= 4 is 0 Å². The van der Waals surface area contributed by atoms with Crippen LogP contribution < -0.4 is 0 Å². The highest BCUT2D eigenvalue weighted by atomic mass is 16.7. The summed E-state index contributed by atoms with van der Waals surface area (Å²) >= 11 is 0. The molecule has 1 heterocycles. The average molecular weight is 198 g/mol. The summed E-state index contributed by atoms with van der Waals surface area (Å²) in [5.74, 6) is 0. The highest BCUT2D eigenvalue weighted by molar-refractivity contribution is 5.05. The molecule has 1 N–H and O–H groups in total. The van der Waals surface area contributed by atoms with E-state index < -0.39 is 0 Å². The maximum Gasteiger partial charge on any atom is 0.219 e. The Morgan fingerprint density at radius 3 is 2.86 bits per heavy atom. The Kier molecular flexibility index (Phi) is 5.33. The van der Waals surface area contributed by atoms with Crippen LogP contribution in [0.4, 0.5) is 0 Å². The van der Waals surface area contributed by atoms with Crippen molar-refractivity contribution in [2.75, 3.05) is 6.61 Å². The molecule has 1 unspecified atom stereocenters. The number of hydrogen-bond donors (Lipinski definition) is 1. The third kappa shape index (κ3) is 3.94. The van der Waals surface area contributed by atoms with Gasteiger partial charge in [-0.3, -0.25) is 0 Å². The fourth-order valence-corrected chi connectivity index (χ4v) is 1.38. The molecule has 0 bridgehead atoms. The Morgan fingerprint density at radius 2 is 2.29 bits per heavy atom. The molecule has 0 radical (unpaired) electrons. The van der Waals surface area contributed by atoms with Crippen molar-refractivity contribution in [1.29, 1.82) is 0 Å². The number of ether oxygens (including phenoxy) is 2. The molecule has 0 aromatic heterocycles. The lowest BCUT2D eigenvalue weighted by atomic mass is 10.1. The van der Waals surface area contributed by atoms with E-state index in [4.69, 9.17) is 14.6 Å². The van der Waals surface area contributed by atoms with E-state index in [2.05, 4.69) is 6.92 Å². The minimum absolute atomic E-state index is 0.0890. The number of hydrogen-bond acceptors (Lipinski definition) is 3. The molecule has 0 spiro atoms. The average Bonchev–Trinajstić information content (AvgIpc) is 2.20. The first-order valence-electron chi connectivity index (χ1n) is 5.12. The van der Waals surface area contributed by atoms with E-state index in [0.717, 1.165) is 12.8 Å². The molecule has 0 aromatic rings. The summed E-state index contributed by atoms with van der Waals surface area (Å²) in [4.78, 5) is 0. The zero-order valence-electron chi connectivity index (χ0n) is 8.56. The van der Waals surface area contributed by atoms with Crippen molar-refractivity contribution in [3.05, 3.63) is 24.5 Å². The van der Waals surface area contributed by atoms with Gasteiger partial charge in [-0.1, -0.05) is 19.4 Å². The molecule has 80 valence electrons. The molecule has 14 heavy (non-hydrogen) atoms. The fourth-order valence-electron chi connectivity index (χ4n) is 1.38. The van der Waals surface area contributed by atoms with Gasteiger partial charge in [0.1, 0.15) is 0 Å². The van der Waals surface area contributed by atoms with Crippen LogP contribution in [0.1, 0.15) is 26.2 Å². The number of allylic oxidation sites excluding steroid dienone is 2. The van der Waals surface area contributed by atoms with Gasteiger partial charge in [0.2, 0.25) is 6.29 Å². The number of rotatable bonds is 6. The van der Waals surface area contributed by atoms with Crippen LogP contribution in [0, 0.1) is 0 Å². The van der Waals surface area contributed by atoms with Gasteiger partial charge in [-0.15, -0.1) is 0 Å². The van der Waals surface area contributed by atoms with Gasteiger partial charge in [0.15, 0.2) is 0 Å². The summed E-state index contributed by atoms with van der Waals surface area (Å²) in [6.45, 7) is 2.27. The van der Waals surface area contributed by atoms with Gasteiger partial charge < -0.3 is 14.6 Å². The van der Waals surface area contributed by atoms with E-state index in [9.17, 15) is 0 Å². The molecular formula is C11H18O3. The highest BCUT2D eigenvalue weighted by Crippen LogP contribution is 2.13. The number of aliphatic hydroxyl groups excluding tert-OH is 1. The summed E-state index contributed by atoms with van der Waals surface area (Å²) in [6.07, 6.45) is 9.68. The van der Waals surface area contributed by atoms with E-state index >= 15 is 0 Å². The van der Waals surface area contributed by atoms with Gasteiger partial charge in [-0.05, 0) is 25.0 Å². The first-order chi connectivity index (χ1) is 6.86. The zero-order chi connectivity index (χ0) is 10.2. The van der Waals surface area contributed by atoms with Gasteiger partial charge in [-0.25, -0.2) is 0 Å². The molecule has 1 rings (SSSR count). The van der Waals surface area contributed by atoms with Crippen LogP contribution in [0.25, 0.3) is 0 Å². The molecule has 3 nitrogen and oxygen atoms in total. The molecule has 2 atom stereocenters. The molecule has 0 saturated heterocycles. The van der Waals surface area contributed by atoms with Crippen LogP contribution in [-0.2, 0) is 9.47 Å². The Morgan fingerprint density at radius 1 is 1.43 bits per heavy atom. The Labute approximate surface area is 85.0 Å². The van der Waals surface area contributed by atoms with E-state index in [1.165, 1.54) is 0 Å². The molecule has 1 aliphatic rings. The van der Waals surface area contributed by atoms with Gasteiger partial charge in [0, 0.05) is 6.61 Å². The molecule has 0 saturated carbocycles. The van der Waals surface area contributed by atoms with Crippen LogP contribution in [-0.4, -0.2) is 24.1 Å². The van der Waals surface area contributed by atoms with Gasteiger partial charge in [0.25, 0.3) is 0 Å². The maximum atomic E-state index is 8.84. The molecule has 0 amide bonds. The summed E-state index contributed by atoms with van der Waals surface area (Å²) in [6, 6.07) is 0. The minimum atomic E-state index is -0.289. The lowest BCUT2D eigenvalue weighted by Gasteiger charge is -2.22. The van der Waals surface area contributed by atoms with Crippen molar-refractivity contribution in [2.45, 2.75) is 38.6 Å². The quantitative estimate of drug-likeness (QED) is 0.709. The topological polar surface area (TPSA) is 38.7 Å². The molecule has 3 heteroatoms. The van der Waals surface area contributed by atoms with E-state index in [-0.39, 0.29) is 19.0 Å². The lowest BCUT2D eigenvalue weighted by Crippen LogP contribution is -2.23. The second-order valence-electron chi connectivity index (χ2n) is 3.28. The lowest BCUT2D eigenvalue weighted by molar-refractivity contribution is -0.119. The molecule has 0 aromatic carbocycles. The van der Waals surface area contributed by atoms with Crippen LogP contribution in [0.5, 0.6) is 0 Å². The van der Waals surface area contributed by atoms with E-state index in [1.54, 1.807) is 6.26 Å². The smallest absolute Gasteiger partial charge is 0.219 e. The van der Waals surface area contributed by atoms with Crippen molar-refractivity contribution < 1.29 is 14.6 Å². The Bertz CT molecular complexity index is 193. The second-order valence-corrected chi connectivity index (χ2v) is 3.28. The van der Waals surface area contributed by atoms with Crippen molar-refractivity contribution in [2.24, 2.45) is 0 Å². The van der Waals surface area contributed by atoms with Crippen LogP contribution in [0.3, 0.4) is 0 Å². The number of aliphatic hydroxyl groups is 1.